The van der Waals surface area contributed by atoms with E-state index in [9.17, 15) is 9.59 Å². The van der Waals surface area contributed by atoms with Crippen LogP contribution in [0.15, 0.2) is 48.7 Å². The molecule has 0 unspecified atom stereocenters. The van der Waals surface area contributed by atoms with Gasteiger partial charge in [0.15, 0.2) is 0 Å². The summed E-state index contributed by atoms with van der Waals surface area (Å²) >= 11 is 1.58. The molecule has 1 aromatic carbocycles. The number of likely N-dealkylation sites (tertiary alicyclic amines) is 1. The molecule has 0 aliphatic carbocycles. The second kappa shape index (κ2) is 10.3. The van der Waals surface area contributed by atoms with Crippen molar-refractivity contribution in [1.29, 1.82) is 0 Å². The van der Waals surface area contributed by atoms with Crippen LogP contribution in [0.2, 0.25) is 0 Å². The summed E-state index contributed by atoms with van der Waals surface area (Å²) in [5.74, 6) is 0.192. The van der Waals surface area contributed by atoms with Gasteiger partial charge in [-0.15, -0.1) is 11.3 Å². The lowest BCUT2D eigenvalue weighted by molar-refractivity contribution is -0.131. The van der Waals surface area contributed by atoms with Crippen LogP contribution in [0.1, 0.15) is 53.5 Å². The number of hydrogen-bond donors (Lipinski definition) is 0. The lowest BCUT2D eigenvalue weighted by Crippen LogP contribution is -2.40. The largest absolute Gasteiger partial charge is 0.341 e. The highest BCUT2D eigenvalue weighted by Gasteiger charge is 2.28. The molecule has 3 heterocycles. The monoisotopic (exact) mass is 449 g/mol. The highest BCUT2D eigenvalue weighted by molar-refractivity contribution is 7.21. The molecule has 0 radical (unpaired) electrons. The Labute approximate surface area is 194 Å². The van der Waals surface area contributed by atoms with Crippen molar-refractivity contribution < 1.29 is 9.59 Å². The Kier molecular flexibility index (Phi) is 7.20. The lowest BCUT2D eigenvalue weighted by Gasteiger charge is -2.29. The minimum Gasteiger partial charge on any atom is -0.341 e. The van der Waals surface area contributed by atoms with Gasteiger partial charge >= 0.3 is 0 Å². The maximum absolute atomic E-state index is 13.5. The molecule has 32 heavy (non-hydrogen) atoms. The minimum atomic E-state index is 0.0557. The number of rotatable bonds is 6. The molecule has 1 atom stereocenters. The number of carbonyl (C=O) groups excluding carboxylic acids is 2. The molecule has 0 N–H and O–H groups in total. The predicted molar refractivity (Wildman–Crippen MR) is 130 cm³/mol. The molecule has 0 bridgehead atoms. The fraction of sp³-hybridized carbons (Fsp3) is 0.423. The van der Waals surface area contributed by atoms with E-state index >= 15 is 0 Å². The Morgan fingerprint density at radius 3 is 2.72 bits per heavy atom. The van der Waals surface area contributed by atoms with Gasteiger partial charge in [-0.1, -0.05) is 37.1 Å². The summed E-state index contributed by atoms with van der Waals surface area (Å²) in [7, 11) is 1.87. The molecule has 6 heteroatoms. The van der Waals surface area contributed by atoms with Crippen LogP contribution in [-0.2, 0) is 17.6 Å². The number of fused-ring (bicyclic) bond motifs is 1. The van der Waals surface area contributed by atoms with Gasteiger partial charge in [0.2, 0.25) is 5.91 Å². The number of thiophene rings is 1. The van der Waals surface area contributed by atoms with Gasteiger partial charge in [0, 0.05) is 56.1 Å². The zero-order chi connectivity index (χ0) is 22.5. The molecule has 1 aliphatic rings. The molecule has 4 rings (SSSR count). The zero-order valence-corrected chi connectivity index (χ0v) is 19.7. The van der Waals surface area contributed by atoms with Crippen molar-refractivity contribution in [2.75, 3.05) is 20.1 Å². The molecule has 1 aliphatic heterocycles. The average molecular weight is 450 g/mol. The van der Waals surface area contributed by atoms with E-state index in [2.05, 4.69) is 17.1 Å². The van der Waals surface area contributed by atoms with Gasteiger partial charge in [-0.05, 0) is 48.4 Å². The Hall–Kier alpha value is -2.73. The van der Waals surface area contributed by atoms with Crippen LogP contribution in [0.5, 0.6) is 0 Å². The van der Waals surface area contributed by atoms with E-state index in [4.69, 9.17) is 0 Å². The van der Waals surface area contributed by atoms with Crippen LogP contribution >= 0.6 is 11.3 Å². The Bertz CT molecular complexity index is 1080. The van der Waals surface area contributed by atoms with Crippen molar-refractivity contribution in [3.63, 3.8) is 0 Å². The van der Waals surface area contributed by atoms with Gasteiger partial charge in [-0.25, -0.2) is 0 Å². The molecule has 5 nitrogen and oxygen atoms in total. The first-order valence-electron chi connectivity index (χ1n) is 11.5. The van der Waals surface area contributed by atoms with Gasteiger partial charge < -0.3 is 9.80 Å². The first kappa shape index (κ1) is 22.5. The van der Waals surface area contributed by atoms with Crippen LogP contribution in [0.4, 0.5) is 0 Å². The van der Waals surface area contributed by atoms with Gasteiger partial charge in [0.05, 0.1) is 4.88 Å². The molecule has 2 aromatic heterocycles. The topological polar surface area (TPSA) is 53.5 Å². The third-order valence-corrected chi connectivity index (χ3v) is 7.59. The minimum absolute atomic E-state index is 0.0557. The number of aromatic nitrogens is 1. The second-order valence-corrected chi connectivity index (χ2v) is 9.68. The highest BCUT2D eigenvalue weighted by Crippen LogP contribution is 2.35. The SMILES string of the molecule is CC(=O)N1CCCCC[C@H]1Cc1c(C(=O)N(C)CCc2ccccn2)sc2ccccc12. The third kappa shape index (κ3) is 5.01. The molecule has 0 spiro atoms. The maximum Gasteiger partial charge on any atom is 0.264 e. The molecular weight excluding hydrogens is 418 g/mol. The van der Waals surface area contributed by atoms with Crippen molar-refractivity contribution in [2.45, 2.75) is 51.5 Å². The van der Waals surface area contributed by atoms with E-state index < -0.39 is 0 Å². The molecule has 168 valence electrons. The van der Waals surface area contributed by atoms with Crippen LogP contribution in [0.25, 0.3) is 10.1 Å². The van der Waals surface area contributed by atoms with Crippen molar-refractivity contribution in [3.05, 3.63) is 64.8 Å². The number of pyridine rings is 1. The lowest BCUT2D eigenvalue weighted by atomic mass is 9.97. The molecular formula is C26H31N3O2S. The molecule has 3 aromatic rings. The second-order valence-electron chi connectivity index (χ2n) is 8.62. The average Bonchev–Trinajstić information content (AvgIpc) is 2.99. The number of likely N-dealkylation sites (N-methyl/N-ethyl adjacent to an activating group) is 1. The van der Waals surface area contributed by atoms with Gasteiger partial charge in [-0.3, -0.25) is 14.6 Å². The van der Waals surface area contributed by atoms with Crippen molar-refractivity contribution in [2.24, 2.45) is 0 Å². The maximum atomic E-state index is 13.5. The van der Waals surface area contributed by atoms with E-state index in [0.717, 1.165) is 71.3 Å². The van der Waals surface area contributed by atoms with Crippen LogP contribution in [0.3, 0.4) is 0 Å². The van der Waals surface area contributed by atoms with Gasteiger partial charge in [0.1, 0.15) is 0 Å². The number of carbonyl (C=O) groups is 2. The smallest absolute Gasteiger partial charge is 0.264 e. The summed E-state index contributed by atoms with van der Waals surface area (Å²) in [4.78, 5) is 34.9. The summed E-state index contributed by atoms with van der Waals surface area (Å²) in [6.45, 7) is 3.10. The van der Waals surface area contributed by atoms with E-state index in [0.29, 0.717) is 6.54 Å². The fourth-order valence-corrected chi connectivity index (χ4v) is 5.84. The summed E-state index contributed by atoms with van der Waals surface area (Å²) in [6.07, 6.45) is 7.59. The van der Waals surface area contributed by atoms with E-state index in [-0.39, 0.29) is 17.9 Å². The third-order valence-electron chi connectivity index (χ3n) is 6.39. The quantitative estimate of drug-likeness (QED) is 0.535. The Morgan fingerprint density at radius 1 is 1.12 bits per heavy atom. The van der Waals surface area contributed by atoms with Crippen molar-refractivity contribution in [3.8, 4) is 0 Å². The van der Waals surface area contributed by atoms with E-state index in [1.165, 1.54) is 0 Å². The molecule has 1 fully saturated rings. The first-order valence-corrected chi connectivity index (χ1v) is 12.3. The molecule has 0 saturated carbocycles. The van der Waals surface area contributed by atoms with Crippen molar-refractivity contribution in [1.82, 2.24) is 14.8 Å². The Morgan fingerprint density at radius 2 is 1.94 bits per heavy atom. The van der Waals surface area contributed by atoms with Crippen LogP contribution < -0.4 is 0 Å². The van der Waals surface area contributed by atoms with Gasteiger partial charge in [0.25, 0.3) is 5.91 Å². The standard InChI is InChI=1S/C26H31N3O2S/c1-19(30)29-16-9-3-4-11-21(29)18-23-22-12-5-6-13-24(22)32-25(23)26(31)28(2)17-14-20-10-7-8-15-27-20/h5-8,10,12-13,15,21H,3-4,9,11,14,16-18H2,1-2H3/t21-/m0/s1. The zero-order valence-electron chi connectivity index (χ0n) is 18.9. The summed E-state index contributed by atoms with van der Waals surface area (Å²) < 4.78 is 1.13. The highest BCUT2D eigenvalue weighted by atomic mass is 32.1. The number of amides is 2. The predicted octanol–water partition coefficient (Wildman–Crippen LogP) is 4.94. The molecule has 1 saturated heterocycles. The van der Waals surface area contributed by atoms with Gasteiger partial charge in [-0.2, -0.15) is 0 Å². The summed E-state index contributed by atoms with van der Waals surface area (Å²) in [6, 6.07) is 14.3. The number of nitrogens with zero attached hydrogens (tertiary/aromatic N) is 3. The van der Waals surface area contributed by atoms with E-state index in [1.54, 1.807) is 29.4 Å². The number of hydrogen-bond acceptors (Lipinski definition) is 4. The normalized spacial score (nSPS) is 16.7. The Balaban J connectivity index is 1.60. The van der Waals surface area contributed by atoms with E-state index in [1.807, 2.05) is 42.3 Å². The molecule has 2 amide bonds. The fourth-order valence-electron chi connectivity index (χ4n) is 4.62. The first-order chi connectivity index (χ1) is 15.5. The van der Waals surface area contributed by atoms with Crippen molar-refractivity contribution >= 4 is 33.2 Å². The van der Waals surface area contributed by atoms with Crippen LogP contribution in [-0.4, -0.2) is 52.8 Å². The summed E-state index contributed by atoms with van der Waals surface area (Å²) in [5, 5.41) is 1.15. The number of benzene rings is 1. The van der Waals surface area contributed by atoms with Crippen LogP contribution in [0, 0.1) is 0 Å². The summed E-state index contributed by atoms with van der Waals surface area (Å²) in [5.41, 5.74) is 2.08.